The van der Waals surface area contributed by atoms with Crippen molar-refractivity contribution in [2.45, 2.75) is 31.2 Å². The monoisotopic (exact) mass is 670 g/mol. The SMILES string of the molecule is CC12C=CC=CC1N(c1ccc(-c3ccc(Oc4ccc(-c5ccc(-n6c7c(c8ccccc86)CCC=C7)cc5)cc4)cc3)cc1)c1ccccc12. The molecule has 0 N–H and O–H groups in total. The smallest absolute Gasteiger partial charge is 0.127 e. The molecule has 1 aliphatic heterocycles. The number of benzene rings is 6. The predicted octanol–water partition coefficient (Wildman–Crippen LogP) is 12.6. The van der Waals surface area contributed by atoms with Crippen LogP contribution in [0.2, 0.25) is 0 Å². The molecule has 1 aromatic heterocycles. The van der Waals surface area contributed by atoms with E-state index in [0.29, 0.717) is 0 Å². The first-order chi connectivity index (χ1) is 25.6. The number of fused-ring (bicyclic) bond motifs is 6. The Balaban J connectivity index is 0.832. The Morgan fingerprint density at radius 1 is 0.615 bits per heavy atom. The number of ether oxygens (including phenoxy) is 1. The van der Waals surface area contributed by atoms with Crippen LogP contribution in [0.15, 0.2) is 176 Å². The molecular formula is C49H38N2O. The quantitative estimate of drug-likeness (QED) is 0.175. The van der Waals surface area contributed by atoms with Gasteiger partial charge in [0.2, 0.25) is 0 Å². The van der Waals surface area contributed by atoms with Gasteiger partial charge in [0.05, 0.1) is 11.6 Å². The molecule has 3 nitrogen and oxygen atoms in total. The van der Waals surface area contributed by atoms with Gasteiger partial charge in [-0.2, -0.15) is 0 Å². The van der Waals surface area contributed by atoms with E-state index in [1.807, 2.05) is 0 Å². The Morgan fingerprint density at radius 3 is 1.90 bits per heavy atom. The van der Waals surface area contributed by atoms with E-state index in [1.165, 1.54) is 55.9 Å². The lowest BCUT2D eigenvalue weighted by Gasteiger charge is -2.34. The van der Waals surface area contributed by atoms with Crippen molar-refractivity contribution < 1.29 is 4.74 Å². The second-order valence-electron chi connectivity index (χ2n) is 14.3. The number of allylic oxidation sites excluding steroid dienone is 3. The molecule has 2 aliphatic carbocycles. The summed E-state index contributed by atoms with van der Waals surface area (Å²) in [5, 5.41) is 1.36. The first kappa shape index (κ1) is 30.5. The summed E-state index contributed by atoms with van der Waals surface area (Å²) in [5.74, 6) is 1.64. The van der Waals surface area contributed by atoms with E-state index in [0.717, 1.165) is 35.5 Å². The van der Waals surface area contributed by atoms with Crippen LogP contribution in [0.3, 0.4) is 0 Å². The van der Waals surface area contributed by atoms with Crippen molar-refractivity contribution in [2.24, 2.45) is 0 Å². The standard InChI is InChI=1S/C49H38N2O/c1-49-33-9-8-16-48(49)51(47-15-7-4-12-44(47)49)39-27-19-35(20-28-39)37-23-31-41(32-24-37)52-40-29-21-36(22-30-40)34-17-25-38(26-18-34)50-45-13-5-2-10-42(45)43-11-3-6-14-46(43)50/h2,4-10,12-33,48H,3,11H2,1H3. The molecule has 0 spiro atoms. The fourth-order valence-corrected chi connectivity index (χ4v) is 8.56. The van der Waals surface area contributed by atoms with Crippen LogP contribution in [0.5, 0.6) is 11.5 Å². The molecule has 0 bridgehead atoms. The lowest BCUT2D eigenvalue weighted by Crippen LogP contribution is -2.39. The number of rotatable bonds is 6. The second kappa shape index (κ2) is 12.2. The van der Waals surface area contributed by atoms with Gasteiger partial charge in [-0.25, -0.2) is 0 Å². The first-order valence-electron chi connectivity index (χ1n) is 18.3. The number of nitrogens with zero attached hydrogens (tertiary/aromatic N) is 2. The van der Waals surface area contributed by atoms with Crippen LogP contribution >= 0.6 is 0 Å². The van der Waals surface area contributed by atoms with E-state index in [2.05, 4.69) is 198 Å². The van der Waals surface area contributed by atoms with Crippen molar-refractivity contribution in [1.82, 2.24) is 4.57 Å². The zero-order valence-electron chi connectivity index (χ0n) is 29.1. The van der Waals surface area contributed by atoms with Gasteiger partial charge >= 0.3 is 0 Å². The van der Waals surface area contributed by atoms with E-state index < -0.39 is 0 Å². The average molecular weight is 671 g/mol. The molecule has 2 unspecified atom stereocenters. The molecule has 52 heavy (non-hydrogen) atoms. The number of hydrogen-bond donors (Lipinski definition) is 0. The van der Waals surface area contributed by atoms with Crippen LogP contribution in [0, 0.1) is 0 Å². The van der Waals surface area contributed by atoms with Crippen LogP contribution < -0.4 is 9.64 Å². The minimum absolute atomic E-state index is 0.0390. The molecular weight excluding hydrogens is 633 g/mol. The van der Waals surface area contributed by atoms with Crippen molar-refractivity contribution in [3.8, 4) is 39.4 Å². The zero-order chi connectivity index (χ0) is 34.6. The van der Waals surface area contributed by atoms with Gasteiger partial charge < -0.3 is 14.2 Å². The number of hydrogen-bond acceptors (Lipinski definition) is 2. The Morgan fingerprint density at radius 2 is 1.21 bits per heavy atom. The first-order valence-corrected chi connectivity index (χ1v) is 18.3. The molecule has 250 valence electrons. The van der Waals surface area contributed by atoms with E-state index in [1.54, 1.807) is 0 Å². The molecule has 2 heterocycles. The van der Waals surface area contributed by atoms with Gasteiger partial charge in [-0.3, -0.25) is 0 Å². The summed E-state index contributed by atoms with van der Waals surface area (Å²) < 4.78 is 8.67. The molecule has 0 saturated carbocycles. The maximum Gasteiger partial charge on any atom is 0.127 e. The Kier molecular flexibility index (Phi) is 7.14. The van der Waals surface area contributed by atoms with Crippen molar-refractivity contribution in [1.29, 1.82) is 0 Å². The fourth-order valence-electron chi connectivity index (χ4n) is 8.56. The molecule has 3 heteroatoms. The highest BCUT2D eigenvalue weighted by Gasteiger charge is 2.46. The van der Waals surface area contributed by atoms with Gasteiger partial charge in [-0.05, 0) is 120 Å². The third-order valence-electron chi connectivity index (χ3n) is 11.2. The lowest BCUT2D eigenvalue weighted by molar-refractivity contribution is 0.483. The average Bonchev–Trinajstić information content (AvgIpc) is 3.68. The Hall–Kier alpha value is -6.32. The summed E-state index contributed by atoms with van der Waals surface area (Å²) in [6.07, 6.45) is 15.8. The van der Waals surface area contributed by atoms with Crippen LogP contribution in [0.25, 0.3) is 44.9 Å². The molecule has 0 fully saturated rings. The topological polar surface area (TPSA) is 17.4 Å². The highest BCUT2D eigenvalue weighted by Crippen LogP contribution is 2.51. The van der Waals surface area contributed by atoms with Crippen LogP contribution in [0.4, 0.5) is 11.4 Å². The molecule has 0 amide bonds. The molecule has 0 radical (unpaired) electrons. The summed E-state index contributed by atoms with van der Waals surface area (Å²) in [5.41, 5.74) is 13.7. The van der Waals surface area contributed by atoms with Crippen molar-refractivity contribution in [3.63, 3.8) is 0 Å². The molecule has 10 rings (SSSR count). The molecule has 7 aromatic rings. The minimum atomic E-state index is -0.0390. The van der Waals surface area contributed by atoms with Gasteiger partial charge in [-0.15, -0.1) is 0 Å². The maximum absolute atomic E-state index is 6.27. The fraction of sp³-hybridized carbons (Fsp3) is 0.102. The van der Waals surface area contributed by atoms with E-state index >= 15 is 0 Å². The van der Waals surface area contributed by atoms with Gasteiger partial charge in [0.15, 0.2) is 0 Å². The van der Waals surface area contributed by atoms with E-state index in [-0.39, 0.29) is 11.5 Å². The summed E-state index contributed by atoms with van der Waals surface area (Å²) in [6, 6.07) is 52.4. The zero-order valence-corrected chi connectivity index (χ0v) is 29.1. The predicted molar refractivity (Wildman–Crippen MR) is 216 cm³/mol. The number of para-hydroxylation sites is 2. The highest BCUT2D eigenvalue weighted by molar-refractivity contribution is 5.91. The van der Waals surface area contributed by atoms with E-state index in [9.17, 15) is 0 Å². The number of aryl methyl sites for hydroxylation is 1. The molecule has 3 aliphatic rings. The Bertz CT molecular complexity index is 2530. The summed E-state index contributed by atoms with van der Waals surface area (Å²) in [4.78, 5) is 2.48. The van der Waals surface area contributed by atoms with Gasteiger partial charge in [0, 0.05) is 33.6 Å². The van der Waals surface area contributed by atoms with Crippen molar-refractivity contribution >= 4 is 28.4 Å². The minimum Gasteiger partial charge on any atom is -0.457 e. The largest absolute Gasteiger partial charge is 0.457 e. The normalized spacial score (nSPS) is 18.3. The number of anilines is 2. The highest BCUT2D eigenvalue weighted by atomic mass is 16.5. The molecule has 2 atom stereocenters. The van der Waals surface area contributed by atoms with Crippen LogP contribution in [0.1, 0.15) is 30.2 Å². The van der Waals surface area contributed by atoms with Gasteiger partial charge in [0.1, 0.15) is 11.5 Å². The summed E-state index contributed by atoms with van der Waals surface area (Å²) >= 11 is 0. The Labute approximate surface area is 305 Å². The van der Waals surface area contributed by atoms with Crippen LogP contribution in [-0.2, 0) is 11.8 Å². The van der Waals surface area contributed by atoms with Gasteiger partial charge in [-0.1, -0.05) is 115 Å². The molecule has 6 aromatic carbocycles. The van der Waals surface area contributed by atoms with Crippen LogP contribution in [-0.4, -0.2) is 10.6 Å². The molecule has 0 saturated heterocycles. The summed E-state index contributed by atoms with van der Waals surface area (Å²) in [6.45, 7) is 2.34. The van der Waals surface area contributed by atoms with Crippen molar-refractivity contribution in [2.75, 3.05) is 4.90 Å². The maximum atomic E-state index is 6.27. The number of aromatic nitrogens is 1. The third kappa shape index (κ3) is 4.96. The van der Waals surface area contributed by atoms with E-state index in [4.69, 9.17) is 4.74 Å². The summed E-state index contributed by atoms with van der Waals surface area (Å²) in [7, 11) is 0. The van der Waals surface area contributed by atoms with Crippen molar-refractivity contribution in [3.05, 3.63) is 193 Å². The lowest BCUT2D eigenvalue weighted by atomic mass is 9.76. The second-order valence-corrected chi connectivity index (χ2v) is 14.3. The third-order valence-corrected chi connectivity index (χ3v) is 11.2. The van der Waals surface area contributed by atoms with Gasteiger partial charge in [0.25, 0.3) is 0 Å².